The van der Waals surface area contributed by atoms with Gasteiger partial charge in [-0.3, -0.25) is 0 Å². The van der Waals surface area contributed by atoms with Crippen LogP contribution in [0.25, 0.3) is 0 Å². The number of benzene rings is 1. The highest BCUT2D eigenvalue weighted by Gasteiger charge is 2.31. The van der Waals surface area contributed by atoms with E-state index in [0.717, 1.165) is 24.8 Å². The summed E-state index contributed by atoms with van der Waals surface area (Å²) in [6.07, 6.45) is -1.59. The molecule has 0 aliphatic carbocycles. The van der Waals surface area contributed by atoms with Gasteiger partial charge in [-0.05, 0) is 50.8 Å². The fourth-order valence-corrected chi connectivity index (χ4v) is 3.31. The van der Waals surface area contributed by atoms with Crippen molar-refractivity contribution in [2.45, 2.75) is 51.7 Å². The van der Waals surface area contributed by atoms with Gasteiger partial charge in [0, 0.05) is 5.56 Å². The lowest BCUT2D eigenvalue weighted by atomic mass is 9.98. The zero-order chi connectivity index (χ0) is 22.4. The SMILES string of the molecule is CCOC(=O)c1ncnc(OCC2CCC[C@@H](c3ccc(OC(F)(F)F)cc3)O2)c1C. The number of alkyl halides is 3. The molecule has 0 amide bonds. The Labute approximate surface area is 177 Å². The molecule has 0 radical (unpaired) electrons. The van der Waals surface area contributed by atoms with E-state index in [0.29, 0.717) is 5.56 Å². The maximum atomic E-state index is 12.3. The van der Waals surface area contributed by atoms with Crippen LogP contribution in [0.3, 0.4) is 0 Å². The fraction of sp³-hybridized carbons (Fsp3) is 0.476. The second kappa shape index (κ2) is 9.95. The quantitative estimate of drug-likeness (QED) is 0.585. The van der Waals surface area contributed by atoms with Crippen molar-refractivity contribution in [3.05, 3.63) is 47.4 Å². The summed E-state index contributed by atoms with van der Waals surface area (Å²) < 4.78 is 57.7. The van der Waals surface area contributed by atoms with Crippen LogP contribution in [0.15, 0.2) is 30.6 Å². The molecule has 2 heterocycles. The van der Waals surface area contributed by atoms with Crippen molar-refractivity contribution < 1.29 is 36.9 Å². The van der Waals surface area contributed by atoms with Crippen molar-refractivity contribution in [2.24, 2.45) is 0 Å². The third-order valence-corrected chi connectivity index (χ3v) is 4.75. The molecule has 0 spiro atoms. The molecule has 1 saturated heterocycles. The summed E-state index contributed by atoms with van der Waals surface area (Å²) in [6.45, 7) is 3.83. The minimum absolute atomic E-state index is 0.149. The van der Waals surface area contributed by atoms with Gasteiger partial charge in [0.2, 0.25) is 5.88 Å². The van der Waals surface area contributed by atoms with Gasteiger partial charge in [-0.1, -0.05) is 12.1 Å². The maximum absolute atomic E-state index is 12.3. The molecular weight excluding hydrogens is 417 g/mol. The first-order valence-electron chi connectivity index (χ1n) is 9.89. The third-order valence-electron chi connectivity index (χ3n) is 4.75. The molecule has 1 aliphatic heterocycles. The molecule has 0 bridgehead atoms. The van der Waals surface area contributed by atoms with Crippen molar-refractivity contribution >= 4 is 5.97 Å². The van der Waals surface area contributed by atoms with E-state index in [9.17, 15) is 18.0 Å². The summed E-state index contributed by atoms with van der Waals surface area (Å²) in [5.41, 5.74) is 1.39. The number of rotatable bonds is 7. The second-order valence-electron chi connectivity index (χ2n) is 6.98. The minimum atomic E-state index is -4.72. The highest BCUT2D eigenvalue weighted by atomic mass is 19.4. The Hall–Kier alpha value is -2.88. The summed E-state index contributed by atoms with van der Waals surface area (Å²) in [7, 11) is 0. The van der Waals surface area contributed by atoms with E-state index in [1.54, 1.807) is 26.0 Å². The van der Waals surface area contributed by atoms with E-state index in [2.05, 4.69) is 14.7 Å². The molecule has 10 heteroatoms. The normalized spacial score (nSPS) is 19.0. The number of ether oxygens (including phenoxy) is 4. The van der Waals surface area contributed by atoms with Gasteiger partial charge in [0.15, 0.2) is 5.69 Å². The molecule has 1 aromatic heterocycles. The van der Waals surface area contributed by atoms with Gasteiger partial charge in [-0.25, -0.2) is 14.8 Å². The number of aromatic nitrogens is 2. The zero-order valence-electron chi connectivity index (χ0n) is 17.1. The van der Waals surface area contributed by atoms with Crippen LogP contribution in [0.1, 0.15) is 53.9 Å². The molecule has 2 atom stereocenters. The van der Waals surface area contributed by atoms with Crippen LogP contribution in [-0.2, 0) is 9.47 Å². The number of hydrogen-bond acceptors (Lipinski definition) is 7. The van der Waals surface area contributed by atoms with Crippen LogP contribution in [0.2, 0.25) is 0 Å². The van der Waals surface area contributed by atoms with Crippen LogP contribution in [0.5, 0.6) is 11.6 Å². The van der Waals surface area contributed by atoms with Gasteiger partial charge in [0.1, 0.15) is 18.7 Å². The summed E-state index contributed by atoms with van der Waals surface area (Å²) in [4.78, 5) is 20.0. The van der Waals surface area contributed by atoms with Crippen LogP contribution in [0.4, 0.5) is 13.2 Å². The van der Waals surface area contributed by atoms with Crippen LogP contribution < -0.4 is 9.47 Å². The standard InChI is InChI=1S/C21H23F3N2O5/c1-3-28-20(27)18-13(2)19(26-12-25-18)29-11-16-5-4-6-17(30-16)14-7-9-15(10-8-14)31-21(22,23)24/h7-10,12,16-17H,3-6,11H2,1-2H3/t16?,17-/m0/s1. The molecule has 1 unspecified atom stereocenters. The van der Waals surface area contributed by atoms with E-state index >= 15 is 0 Å². The highest BCUT2D eigenvalue weighted by molar-refractivity contribution is 5.89. The van der Waals surface area contributed by atoms with E-state index < -0.39 is 12.3 Å². The van der Waals surface area contributed by atoms with Crippen LogP contribution >= 0.6 is 0 Å². The summed E-state index contributed by atoms with van der Waals surface area (Å²) in [5.74, 6) is -0.541. The Bertz CT molecular complexity index is 890. The first-order valence-corrected chi connectivity index (χ1v) is 9.89. The summed E-state index contributed by atoms with van der Waals surface area (Å²) in [6, 6.07) is 5.67. The van der Waals surface area contributed by atoms with Gasteiger partial charge in [-0.2, -0.15) is 0 Å². The fourth-order valence-electron chi connectivity index (χ4n) is 3.31. The summed E-state index contributed by atoms with van der Waals surface area (Å²) in [5, 5.41) is 0. The van der Waals surface area contributed by atoms with Crippen molar-refractivity contribution in [1.82, 2.24) is 9.97 Å². The van der Waals surface area contributed by atoms with Crippen molar-refractivity contribution in [3.8, 4) is 11.6 Å². The number of carbonyl (C=O) groups excluding carboxylic acids is 1. The molecule has 7 nitrogen and oxygen atoms in total. The number of hydrogen-bond donors (Lipinski definition) is 0. The Morgan fingerprint density at radius 1 is 1.19 bits per heavy atom. The first-order chi connectivity index (χ1) is 14.8. The van der Waals surface area contributed by atoms with E-state index in [4.69, 9.17) is 14.2 Å². The van der Waals surface area contributed by atoms with E-state index in [1.807, 2.05) is 0 Å². The predicted octanol–water partition coefficient (Wildman–Crippen LogP) is 4.55. The molecule has 31 heavy (non-hydrogen) atoms. The monoisotopic (exact) mass is 440 g/mol. The average molecular weight is 440 g/mol. The zero-order valence-corrected chi connectivity index (χ0v) is 17.1. The molecule has 168 valence electrons. The van der Waals surface area contributed by atoms with E-state index in [1.165, 1.54) is 18.5 Å². The Morgan fingerprint density at radius 2 is 1.94 bits per heavy atom. The van der Waals surface area contributed by atoms with E-state index in [-0.39, 0.29) is 42.7 Å². The molecule has 1 fully saturated rings. The second-order valence-corrected chi connectivity index (χ2v) is 6.98. The lowest BCUT2D eigenvalue weighted by molar-refractivity contribution is -0.274. The Morgan fingerprint density at radius 3 is 2.61 bits per heavy atom. The molecule has 0 N–H and O–H groups in total. The van der Waals surface area contributed by atoms with Gasteiger partial charge in [-0.15, -0.1) is 13.2 Å². The third kappa shape index (κ3) is 6.30. The van der Waals surface area contributed by atoms with Gasteiger partial charge in [0.05, 0.1) is 18.8 Å². The number of carbonyl (C=O) groups is 1. The minimum Gasteiger partial charge on any atom is -0.475 e. The number of nitrogens with zero attached hydrogens (tertiary/aromatic N) is 2. The van der Waals surface area contributed by atoms with Gasteiger partial charge < -0.3 is 18.9 Å². The molecular formula is C21H23F3N2O5. The maximum Gasteiger partial charge on any atom is 0.573 e. The molecule has 1 aliphatic rings. The van der Waals surface area contributed by atoms with Crippen LogP contribution in [-0.4, -0.2) is 41.6 Å². The molecule has 1 aromatic carbocycles. The lowest BCUT2D eigenvalue weighted by Crippen LogP contribution is -2.28. The molecule has 3 rings (SSSR count). The smallest absolute Gasteiger partial charge is 0.475 e. The Balaban J connectivity index is 1.59. The average Bonchev–Trinajstić information content (AvgIpc) is 2.73. The van der Waals surface area contributed by atoms with Gasteiger partial charge in [0.25, 0.3) is 0 Å². The largest absolute Gasteiger partial charge is 0.573 e. The summed E-state index contributed by atoms with van der Waals surface area (Å²) >= 11 is 0. The van der Waals surface area contributed by atoms with Crippen molar-refractivity contribution in [1.29, 1.82) is 0 Å². The van der Waals surface area contributed by atoms with Crippen molar-refractivity contribution in [2.75, 3.05) is 13.2 Å². The Kier molecular flexibility index (Phi) is 7.32. The number of halogens is 3. The van der Waals surface area contributed by atoms with Gasteiger partial charge >= 0.3 is 12.3 Å². The highest BCUT2D eigenvalue weighted by Crippen LogP contribution is 2.33. The first kappa shape index (κ1) is 22.8. The number of esters is 1. The topological polar surface area (TPSA) is 79.8 Å². The van der Waals surface area contributed by atoms with Crippen LogP contribution in [0, 0.1) is 6.92 Å². The van der Waals surface area contributed by atoms with Crippen molar-refractivity contribution in [3.63, 3.8) is 0 Å². The molecule has 0 saturated carbocycles. The molecule has 2 aromatic rings. The predicted molar refractivity (Wildman–Crippen MR) is 103 cm³/mol. The lowest BCUT2D eigenvalue weighted by Gasteiger charge is -2.30.